The van der Waals surface area contributed by atoms with Crippen LogP contribution in [0.2, 0.25) is 0 Å². The van der Waals surface area contributed by atoms with Crippen LogP contribution in [0, 0.1) is 11.6 Å². The summed E-state index contributed by atoms with van der Waals surface area (Å²) >= 11 is 1.42. The maximum Gasteiger partial charge on any atom is 0.341 e. The first-order valence-electron chi connectivity index (χ1n) is 11.9. The molecule has 0 bridgehead atoms. The van der Waals surface area contributed by atoms with Crippen molar-refractivity contribution in [1.29, 1.82) is 0 Å². The number of esters is 1. The molecule has 2 N–H and O–H groups in total. The van der Waals surface area contributed by atoms with Crippen molar-refractivity contribution < 1.29 is 23.4 Å². The van der Waals surface area contributed by atoms with Crippen LogP contribution in [0.3, 0.4) is 0 Å². The van der Waals surface area contributed by atoms with Gasteiger partial charge in [-0.1, -0.05) is 38.7 Å². The summed E-state index contributed by atoms with van der Waals surface area (Å²) in [4.78, 5) is 17.5. The molecule has 0 amide bonds. The number of nitrogens with one attached hydrogen (secondary N) is 1. The topological polar surface area (TPSA) is 89.3 Å². The SMILES string of the molecule is CCCCCCCc1cc(C(=O)OCC)c(NCC(O)(Cn2cncn2)c2ccc(F)cc2F)s1. The lowest BCUT2D eigenvalue weighted by atomic mass is 9.93. The predicted octanol–water partition coefficient (Wildman–Crippen LogP) is 5.31. The van der Waals surface area contributed by atoms with Gasteiger partial charge in [0.2, 0.25) is 0 Å². The van der Waals surface area contributed by atoms with Crippen LogP contribution in [-0.2, 0) is 23.3 Å². The van der Waals surface area contributed by atoms with Gasteiger partial charge in [-0.25, -0.2) is 23.2 Å². The van der Waals surface area contributed by atoms with Gasteiger partial charge in [-0.3, -0.25) is 0 Å². The minimum atomic E-state index is -1.80. The van der Waals surface area contributed by atoms with Crippen molar-refractivity contribution >= 4 is 22.3 Å². The van der Waals surface area contributed by atoms with Crippen LogP contribution >= 0.6 is 11.3 Å². The molecule has 0 aliphatic carbocycles. The molecule has 0 spiro atoms. The lowest BCUT2D eigenvalue weighted by molar-refractivity contribution is 0.0246. The summed E-state index contributed by atoms with van der Waals surface area (Å²) in [5.74, 6) is -2.08. The number of carbonyl (C=O) groups is 1. The molecule has 0 aliphatic heterocycles. The van der Waals surface area contributed by atoms with Crippen LogP contribution < -0.4 is 5.32 Å². The molecule has 0 saturated carbocycles. The number of hydrogen-bond acceptors (Lipinski definition) is 7. The smallest absolute Gasteiger partial charge is 0.341 e. The Kier molecular flexibility index (Phi) is 9.73. The highest BCUT2D eigenvalue weighted by Crippen LogP contribution is 2.33. The number of aliphatic hydroxyl groups is 1. The van der Waals surface area contributed by atoms with Gasteiger partial charge in [-0.05, 0) is 31.9 Å². The number of aromatic nitrogens is 3. The highest BCUT2D eigenvalue weighted by Gasteiger charge is 2.34. The quantitative estimate of drug-likeness (QED) is 0.228. The molecular weight excluding hydrogens is 474 g/mol. The lowest BCUT2D eigenvalue weighted by Gasteiger charge is -2.29. The van der Waals surface area contributed by atoms with Gasteiger partial charge < -0.3 is 15.2 Å². The van der Waals surface area contributed by atoms with Gasteiger partial charge >= 0.3 is 5.97 Å². The number of aryl methyl sites for hydroxylation is 1. The molecule has 1 aromatic carbocycles. The standard InChI is InChI=1S/C25H32F2N4O3S/c1-3-5-6-7-8-9-19-13-20(24(32)34-4-2)23(35-19)29-14-25(33,15-31-17-28-16-30-31)21-11-10-18(26)12-22(21)27/h10-13,16-17,29,33H,3-9,14-15H2,1-2H3. The second kappa shape index (κ2) is 12.7. The van der Waals surface area contributed by atoms with Gasteiger partial charge in [-0.2, -0.15) is 5.10 Å². The van der Waals surface area contributed by atoms with Crippen LogP contribution in [0.15, 0.2) is 36.9 Å². The number of rotatable bonds is 14. The van der Waals surface area contributed by atoms with E-state index in [9.17, 15) is 18.7 Å². The molecule has 10 heteroatoms. The Morgan fingerprint density at radius 3 is 2.69 bits per heavy atom. The summed E-state index contributed by atoms with van der Waals surface area (Å²) in [6.07, 6.45) is 9.22. The predicted molar refractivity (Wildman–Crippen MR) is 132 cm³/mol. The summed E-state index contributed by atoms with van der Waals surface area (Å²) in [7, 11) is 0. The van der Waals surface area contributed by atoms with Gasteiger partial charge in [-0.15, -0.1) is 11.3 Å². The van der Waals surface area contributed by atoms with Gasteiger partial charge in [0.25, 0.3) is 0 Å². The fraction of sp³-hybridized carbons (Fsp3) is 0.480. The van der Waals surface area contributed by atoms with Crippen molar-refractivity contribution in [2.24, 2.45) is 0 Å². The molecule has 1 atom stereocenters. The fourth-order valence-corrected chi connectivity index (χ4v) is 4.95. The Bertz CT molecular complexity index is 1090. The maximum absolute atomic E-state index is 14.7. The first kappa shape index (κ1) is 26.7. The average Bonchev–Trinajstić information content (AvgIpc) is 3.47. The van der Waals surface area contributed by atoms with Crippen LogP contribution in [0.1, 0.15) is 66.8 Å². The van der Waals surface area contributed by atoms with Gasteiger partial charge in [0.05, 0.1) is 25.3 Å². The third-order valence-corrected chi connectivity index (χ3v) is 6.82. The van der Waals surface area contributed by atoms with E-state index in [2.05, 4.69) is 22.3 Å². The molecule has 190 valence electrons. The van der Waals surface area contributed by atoms with Gasteiger partial charge in [0.15, 0.2) is 0 Å². The lowest BCUT2D eigenvalue weighted by Crippen LogP contribution is -2.39. The second-order valence-electron chi connectivity index (χ2n) is 8.44. The van der Waals surface area contributed by atoms with Crippen LogP contribution in [0.4, 0.5) is 13.8 Å². The highest BCUT2D eigenvalue weighted by atomic mass is 32.1. The zero-order chi connectivity index (χ0) is 25.3. The number of ether oxygens (including phenoxy) is 1. The number of halogens is 2. The molecule has 0 radical (unpaired) electrons. The van der Waals surface area contributed by atoms with E-state index in [-0.39, 0.29) is 25.3 Å². The minimum Gasteiger partial charge on any atom is -0.462 e. The van der Waals surface area contributed by atoms with Crippen LogP contribution in [0.5, 0.6) is 0 Å². The molecule has 0 saturated heterocycles. The second-order valence-corrected chi connectivity index (χ2v) is 9.58. The Morgan fingerprint density at radius 2 is 2.00 bits per heavy atom. The van der Waals surface area contributed by atoms with E-state index in [0.29, 0.717) is 10.6 Å². The van der Waals surface area contributed by atoms with E-state index >= 15 is 0 Å². The molecule has 2 aromatic heterocycles. The monoisotopic (exact) mass is 506 g/mol. The summed E-state index contributed by atoms with van der Waals surface area (Å²) in [6, 6.07) is 4.86. The van der Waals surface area contributed by atoms with E-state index in [0.717, 1.165) is 36.3 Å². The summed E-state index contributed by atoms with van der Waals surface area (Å²) in [6.45, 7) is 3.85. The molecule has 3 aromatic rings. The van der Waals surface area contributed by atoms with Crippen molar-refractivity contribution in [1.82, 2.24) is 14.8 Å². The van der Waals surface area contributed by atoms with E-state index in [1.54, 1.807) is 6.92 Å². The molecule has 7 nitrogen and oxygen atoms in total. The molecule has 0 aliphatic rings. The first-order chi connectivity index (χ1) is 16.9. The van der Waals surface area contributed by atoms with E-state index < -0.39 is 23.2 Å². The summed E-state index contributed by atoms with van der Waals surface area (Å²) in [5.41, 5.74) is -1.52. The Morgan fingerprint density at radius 1 is 1.20 bits per heavy atom. The van der Waals surface area contributed by atoms with Crippen molar-refractivity contribution in [2.45, 2.75) is 64.5 Å². The molecular formula is C25H32F2N4O3S. The average molecular weight is 507 g/mol. The summed E-state index contributed by atoms with van der Waals surface area (Å²) in [5, 5.41) is 19.2. The number of benzene rings is 1. The van der Waals surface area contributed by atoms with Crippen molar-refractivity contribution in [3.63, 3.8) is 0 Å². The zero-order valence-electron chi connectivity index (χ0n) is 20.1. The third kappa shape index (κ3) is 7.32. The van der Waals surface area contributed by atoms with Crippen molar-refractivity contribution in [3.05, 3.63) is 64.6 Å². The number of thiophene rings is 1. The Balaban J connectivity index is 1.83. The number of hydrogen-bond donors (Lipinski definition) is 2. The third-order valence-electron chi connectivity index (χ3n) is 5.67. The summed E-state index contributed by atoms with van der Waals surface area (Å²) < 4.78 is 34.8. The maximum atomic E-state index is 14.7. The normalized spacial score (nSPS) is 12.9. The van der Waals surface area contributed by atoms with Crippen molar-refractivity contribution in [2.75, 3.05) is 18.5 Å². The Labute approximate surface area is 208 Å². The molecule has 1 unspecified atom stereocenters. The number of nitrogens with zero attached hydrogens (tertiary/aromatic N) is 3. The van der Waals surface area contributed by atoms with Gasteiger partial charge in [0.1, 0.15) is 34.9 Å². The first-order valence-corrected chi connectivity index (χ1v) is 12.7. The molecule has 0 fully saturated rings. The van der Waals surface area contributed by atoms with E-state index in [4.69, 9.17) is 4.74 Å². The fourth-order valence-electron chi connectivity index (χ4n) is 3.87. The number of anilines is 1. The van der Waals surface area contributed by atoms with E-state index in [1.165, 1.54) is 54.0 Å². The van der Waals surface area contributed by atoms with Crippen LogP contribution in [0.25, 0.3) is 0 Å². The van der Waals surface area contributed by atoms with Gasteiger partial charge in [0, 0.05) is 16.5 Å². The zero-order valence-corrected chi connectivity index (χ0v) is 20.9. The van der Waals surface area contributed by atoms with Crippen molar-refractivity contribution in [3.8, 4) is 0 Å². The van der Waals surface area contributed by atoms with Crippen LogP contribution in [-0.4, -0.2) is 39.0 Å². The Hall–Kier alpha value is -2.85. The van der Waals surface area contributed by atoms with E-state index in [1.807, 2.05) is 6.07 Å². The highest BCUT2D eigenvalue weighted by molar-refractivity contribution is 7.16. The molecule has 35 heavy (non-hydrogen) atoms. The number of carbonyl (C=O) groups excluding carboxylic acids is 1. The largest absolute Gasteiger partial charge is 0.462 e. The molecule has 3 rings (SSSR count). The molecule has 2 heterocycles. The number of unbranched alkanes of at least 4 members (excludes halogenated alkanes) is 4. The minimum absolute atomic E-state index is 0.0905.